The van der Waals surface area contributed by atoms with Gasteiger partial charge in [-0.05, 0) is 42.7 Å². The van der Waals surface area contributed by atoms with E-state index in [9.17, 15) is 4.79 Å². The van der Waals surface area contributed by atoms with Gasteiger partial charge in [-0.25, -0.2) is 9.48 Å². The molecule has 1 aromatic heterocycles. The minimum atomic E-state index is -0.503. The minimum Gasteiger partial charge on any atom is -0.462 e. The molecule has 1 aliphatic heterocycles. The third kappa shape index (κ3) is 4.80. The summed E-state index contributed by atoms with van der Waals surface area (Å²) in [5, 5.41) is 9.78. The molecule has 9 heteroatoms. The molecule has 0 saturated heterocycles. The third-order valence-electron chi connectivity index (χ3n) is 4.97. The van der Waals surface area contributed by atoms with Crippen LogP contribution in [0.3, 0.4) is 0 Å². The molecule has 3 aromatic rings. The molecule has 6 nitrogen and oxygen atoms in total. The van der Waals surface area contributed by atoms with E-state index in [0.717, 1.165) is 17.5 Å². The first-order valence-electron chi connectivity index (χ1n) is 10.2. The molecule has 2 heterocycles. The first-order chi connectivity index (χ1) is 15.5. The van der Waals surface area contributed by atoms with Crippen molar-refractivity contribution in [3.8, 4) is 0 Å². The lowest BCUT2D eigenvalue weighted by Crippen LogP contribution is -2.29. The van der Waals surface area contributed by atoms with Crippen LogP contribution in [0.2, 0.25) is 10.0 Å². The molecule has 0 radical (unpaired) electrons. The maximum Gasteiger partial charge on any atom is 0.338 e. The van der Waals surface area contributed by atoms with Gasteiger partial charge in [0.2, 0.25) is 11.1 Å². The Hall–Kier alpha value is -2.48. The van der Waals surface area contributed by atoms with Gasteiger partial charge >= 0.3 is 5.97 Å². The SMILES string of the molecule is CCCOC(=O)C1=C(C)Nc2nc(SCc3ccccc3Cl)nn2C1c1cccc(Cl)c1. The molecule has 1 N–H and O–H groups in total. The number of aromatic nitrogens is 3. The Balaban J connectivity index is 1.69. The van der Waals surface area contributed by atoms with E-state index in [1.807, 2.05) is 56.3 Å². The molecule has 1 aliphatic rings. The van der Waals surface area contributed by atoms with Gasteiger partial charge in [0.05, 0.1) is 12.2 Å². The number of carbonyl (C=O) groups excluding carboxylic acids is 1. The molecule has 2 aromatic carbocycles. The number of hydrogen-bond acceptors (Lipinski definition) is 6. The summed E-state index contributed by atoms with van der Waals surface area (Å²) >= 11 is 14.0. The van der Waals surface area contributed by atoms with E-state index in [0.29, 0.717) is 44.8 Å². The van der Waals surface area contributed by atoms with Gasteiger partial charge in [-0.15, -0.1) is 5.10 Å². The van der Waals surface area contributed by atoms with Crippen LogP contribution in [0, 0.1) is 0 Å². The van der Waals surface area contributed by atoms with Gasteiger partial charge in [0.25, 0.3) is 0 Å². The number of nitrogens with one attached hydrogen (secondary N) is 1. The highest BCUT2D eigenvalue weighted by molar-refractivity contribution is 7.98. The van der Waals surface area contributed by atoms with E-state index < -0.39 is 6.04 Å². The number of carbonyl (C=O) groups is 1. The second kappa shape index (κ2) is 9.98. The molecule has 1 unspecified atom stereocenters. The van der Waals surface area contributed by atoms with Gasteiger partial charge in [-0.2, -0.15) is 4.98 Å². The molecule has 0 bridgehead atoms. The molecule has 4 rings (SSSR count). The van der Waals surface area contributed by atoms with Crippen molar-refractivity contribution in [1.82, 2.24) is 14.8 Å². The topological polar surface area (TPSA) is 69.0 Å². The molecule has 0 amide bonds. The highest BCUT2D eigenvalue weighted by atomic mass is 35.5. The van der Waals surface area contributed by atoms with Crippen molar-refractivity contribution in [3.63, 3.8) is 0 Å². The van der Waals surface area contributed by atoms with Crippen molar-refractivity contribution < 1.29 is 9.53 Å². The summed E-state index contributed by atoms with van der Waals surface area (Å²) < 4.78 is 7.19. The molecular formula is C23H22Cl2N4O2S. The van der Waals surface area contributed by atoms with Gasteiger partial charge in [-0.1, -0.05) is 72.2 Å². The number of fused-ring (bicyclic) bond motifs is 1. The number of benzene rings is 2. The van der Waals surface area contributed by atoms with Gasteiger partial charge in [0, 0.05) is 21.5 Å². The Morgan fingerprint density at radius 2 is 2.03 bits per heavy atom. The van der Waals surface area contributed by atoms with Gasteiger partial charge in [-0.3, -0.25) is 0 Å². The van der Waals surface area contributed by atoms with E-state index in [2.05, 4.69) is 10.3 Å². The number of hydrogen-bond donors (Lipinski definition) is 1. The monoisotopic (exact) mass is 488 g/mol. The fourth-order valence-electron chi connectivity index (χ4n) is 3.47. The number of rotatable bonds is 7. The Kier molecular flexibility index (Phi) is 7.08. The van der Waals surface area contributed by atoms with Crippen molar-refractivity contribution in [2.24, 2.45) is 0 Å². The average Bonchev–Trinajstić information content (AvgIpc) is 3.18. The van der Waals surface area contributed by atoms with E-state index in [-0.39, 0.29) is 5.97 Å². The zero-order chi connectivity index (χ0) is 22.7. The number of esters is 1. The molecule has 0 spiro atoms. The number of nitrogens with zero attached hydrogens (tertiary/aromatic N) is 3. The summed E-state index contributed by atoms with van der Waals surface area (Å²) in [5.41, 5.74) is 3.00. The summed E-state index contributed by atoms with van der Waals surface area (Å²) in [7, 11) is 0. The molecule has 0 fully saturated rings. The fourth-order valence-corrected chi connectivity index (χ4v) is 4.79. The maximum atomic E-state index is 13.0. The molecule has 0 aliphatic carbocycles. The Bertz CT molecular complexity index is 1180. The van der Waals surface area contributed by atoms with Crippen molar-refractivity contribution in [3.05, 3.63) is 81.0 Å². The third-order valence-corrected chi connectivity index (χ3v) is 6.46. The number of anilines is 1. The first-order valence-corrected chi connectivity index (χ1v) is 11.9. The largest absolute Gasteiger partial charge is 0.462 e. The quantitative estimate of drug-likeness (QED) is 0.319. The van der Waals surface area contributed by atoms with Crippen LogP contribution < -0.4 is 5.32 Å². The Labute approximate surface area is 201 Å². The van der Waals surface area contributed by atoms with E-state index in [1.165, 1.54) is 11.8 Å². The molecule has 166 valence electrons. The summed E-state index contributed by atoms with van der Waals surface area (Å²) in [6.45, 7) is 4.15. The van der Waals surface area contributed by atoms with Crippen LogP contribution in [0.15, 0.2) is 65.0 Å². The standard InChI is InChI=1S/C23H22Cl2N4O2S/c1-3-11-31-21(30)19-14(2)26-22-27-23(32-13-16-7-4-5-10-18(16)25)28-29(22)20(19)15-8-6-9-17(24)12-15/h4-10,12,20H,3,11,13H2,1-2H3,(H,26,27,28). The number of allylic oxidation sites excluding steroid dienone is 1. The van der Waals surface area contributed by atoms with Gasteiger partial charge in [0.15, 0.2) is 0 Å². The van der Waals surface area contributed by atoms with Crippen LogP contribution in [-0.2, 0) is 15.3 Å². The number of thioether (sulfide) groups is 1. The normalized spacial score (nSPS) is 15.3. The molecule has 1 atom stereocenters. The number of halogens is 2. The molecule has 0 saturated carbocycles. The predicted molar refractivity (Wildman–Crippen MR) is 128 cm³/mol. The summed E-state index contributed by atoms with van der Waals surface area (Å²) in [6.07, 6.45) is 0.741. The highest BCUT2D eigenvalue weighted by Gasteiger charge is 2.35. The van der Waals surface area contributed by atoms with Crippen molar-refractivity contribution >= 4 is 46.9 Å². The van der Waals surface area contributed by atoms with Crippen LogP contribution in [0.25, 0.3) is 0 Å². The average molecular weight is 489 g/mol. The molecular weight excluding hydrogens is 467 g/mol. The lowest BCUT2D eigenvalue weighted by molar-refractivity contribution is -0.139. The zero-order valence-electron chi connectivity index (χ0n) is 17.6. The van der Waals surface area contributed by atoms with Crippen LogP contribution in [0.4, 0.5) is 5.95 Å². The van der Waals surface area contributed by atoms with Crippen LogP contribution in [-0.4, -0.2) is 27.3 Å². The fraction of sp³-hybridized carbons (Fsp3) is 0.261. The van der Waals surface area contributed by atoms with Gasteiger partial charge < -0.3 is 10.1 Å². The Morgan fingerprint density at radius 3 is 2.78 bits per heavy atom. The van der Waals surface area contributed by atoms with E-state index in [1.54, 1.807) is 10.7 Å². The lowest BCUT2D eigenvalue weighted by Gasteiger charge is -2.28. The lowest BCUT2D eigenvalue weighted by atomic mass is 9.96. The highest BCUT2D eigenvalue weighted by Crippen LogP contribution is 2.38. The summed E-state index contributed by atoms with van der Waals surface area (Å²) in [6, 6.07) is 14.6. The smallest absolute Gasteiger partial charge is 0.338 e. The maximum absolute atomic E-state index is 13.0. The van der Waals surface area contributed by atoms with Crippen LogP contribution >= 0.6 is 35.0 Å². The van der Waals surface area contributed by atoms with Crippen LogP contribution in [0.5, 0.6) is 0 Å². The summed E-state index contributed by atoms with van der Waals surface area (Å²) in [5.74, 6) is 0.803. The second-order valence-electron chi connectivity index (χ2n) is 7.30. The van der Waals surface area contributed by atoms with Crippen LogP contribution in [0.1, 0.15) is 37.4 Å². The van der Waals surface area contributed by atoms with Crippen molar-refractivity contribution in [1.29, 1.82) is 0 Å². The van der Waals surface area contributed by atoms with Crippen molar-refractivity contribution in [2.45, 2.75) is 37.2 Å². The minimum absolute atomic E-state index is 0.348. The summed E-state index contributed by atoms with van der Waals surface area (Å²) in [4.78, 5) is 17.6. The Morgan fingerprint density at radius 1 is 1.22 bits per heavy atom. The van der Waals surface area contributed by atoms with E-state index >= 15 is 0 Å². The van der Waals surface area contributed by atoms with Gasteiger partial charge in [0.1, 0.15) is 6.04 Å². The predicted octanol–water partition coefficient (Wildman–Crippen LogP) is 6.12. The number of ether oxygens (including phenoxy) is 1. The first kappa shape index (κ1) is 22.7. The van der Waals surface area contributed by atoms with Crippen molar-refractivity contribution in [2.75, 3.05) is 11.9 Å². The second-order valence-corrected chi connectivity index (χ2v) is 9.09. The molecule has 32 heavy (non-hydrogen) atoms. The zero-order valence-corrected chi connectivity index (χ0v) is 20.0. The van der Waals surface area contributed by atoms with E-state index in [4.69, 9.17) is 33.0 Å².